The third-order valence-corrected chi connectivity index (χ3v) is 1.70. The van der Waals surface area contributed by atoms with E-state index in [4.69, 9.17) is 5.11 Å². The zero-order valence-electron chi connectivity index (χ0n) is 7.19. The normalized spacial score (nSPS) is 10.2. The molecule has 0 aromatic carbocycles. The standard InChI is InChI=1S/C7H14N4O/c1-2-11(4-3-5-12)7-6-8-10-9-7/h6,12H,2-5H2,1H3,(H,8,9,10). The molecule has 0 amide bonds. The van der Waals surface area contributed by atoms with Gasteiger partial charge in [-0.1, -0.05) is 5.21 Å². The fourth-order valence-electron chi connectivity index (χ4n) is 1.05. The molecule has 0 aliphatic carbocycles. The minimum Gasteiger partial charge on any atom is -0.396 e. The Labute approximate surface area is 71.4 Å². The van der Waals surface area contributed by atoms with Gasteiger partial charge in [-0.3, -0.25) is 5.10 Å². The maximum absolute atomic E-state index is 8.64. The van der Waals surface area contributed by atoms with E-state index in [0.717, 1.165) is 25.3 Å². The number of hydrogen-bond acceptors (Lipinski definition) is 4. The molecule has 1 aromatic rings. The van der Waals surface area contributed by atoms with Gasteiger partial charge in [0.05, 0.1) is 6.20 Å². The summed E-state index contributed by atoms with van der Waals surface area (Å²) in [6.07, 6.45) is 2.52. The van der Waals surface area contributed by atoms with Crippen LogP contribution in [0.3, 0.4) is 0 Å². The van der Waals surface area contributed by atoms with Gasteiger partial charge in [0.2, 0.25) is 0 Å². The lowest BCUT2D eigenvalue weighted by Gasteiger charge is -2.18. The highest BCUT2D eigenvalue weighted by Crippen LogP contribution is 2.06. The number of aromatic nitrogens is 3. The van der Waals surface area contributed by atoms with Crippen LogP contribution in [0.5, 0.6) is 0 Å². The maximum Gasteiger partial charge on any atom is 0.170 e. The van der Waals surface area contributed by atoms with Crippen molar-refractivity contribution in [3.63, 3.8) is 0 Å². The minimum atomic E-state index is 0.217. The number of aliphatic hydroxyl groups excluding tert-OH is 1. The summed E-state index contributed by atoms with van der Waals surface area (Å²) in [6, 6.07) is 0. The van der Waals surface area contributed by atoms with Crippen LogP contribution in [0.15, 0.2) is 6.20 Å². The molecule has 2 N–H and O–H groups in total. The van der Waals surface area contributed by atoms with E-state index in [9.17, 15) is 0 Å². The van der Waals surface area contributed by atoms with E-state index in [0.29, 0.717) is 0 Å². The van der Waals surface area contributed by atoms with Crippen molar-refractivity contribution in [2.24, 2.45) is 0 Å². The van der Waals surface area contributed by atoms with Crippen molar-refractivity contribution >= 4 is 5.82 Å². The van der Waals surface area contributed by atoms with Gasteiger partial charge in [0.1, 0.15) is 0 Å². The van der Waals surface area contributed by atoms with Gasteiger partial charge in [-0.05, 0) is 13.3 Å². The van der Waals surface area contributed by atoms with Crippen LogP contribution < -0.4 is 4.90 Å². The SMILES string of the molecule is CCN(CCCO)c1c[nH]nn1. The zero-order chi connectivity index (χ0) is 8.81. The summed E-state index contributed by atoms with van der Waals surface area (Å²) in [4.78, 5) is 2.06. The molecule has 1 heterocycles. The van der Waals surface area contributed by atoms with Crippen LogP contribution in [-0.4, -0.2) is 40.2 Å². The first kappa shape index (κ1) is 8.99. The number of hydrogen-bond donors (Lipinski definition) is 2. The summed E-state index contributed by atoms with van der Waals surface area (Å²) in [5.74, 6) is 0.839. The van der Waals surface area contributed by atoms with E-state index in [1.165, 1.54) is 0 Å². The van der Waals surface area contributed by atoms with Crippen LogP contribution in [0.4, 0.5) is 5.82 Å². The topological polar surface area (TPSA) is 65.0 Å². The molecule has 0 saturated heterocycles. The summed E-state index contributed by atoms with van der Waals surface area (Å²) < 4.78 is 0. The van der Waals surface area contributed by atoms with E-state index in [1.807, 2.05) is 6.92 Å². The van der Waals surface area contributed by atoms with Crippen molar-refractivity contribution in [2.45, 2.75) is 13.3 Å². The predicted molar refractivity (Wildman–Crippen MR) is 46.0 cm³/mol. The lowest BCUT2D eigenvalue weighted by Crippen LogP contribution is -2.24. The second-order valence-electron chi connectivity index (χ2n) is 2.49. The Bertz CT molecular complexity index is 199. The van der Waals surface area contributed by atoms with Gasteiger partial charge in [-0.15, -0.1) is 5.10 Å². The molecule has 68 valence electrons. The first-order valence-electron chi connectivity index (χ1n) is 4.10. The van der Waals surface area contributed by atoms with Crippen LogP contribution in [0.2, 0.25) is 0 Å². The van der Waals surface area contributed by atoms with Gasteiger partial charge < -0.3 is 10.0 Å². The highest BCUT2D eigenvalue weighted by Gasteiger charge is 2.04. The fraction of sp³-hybridized carbons (Fsp3) is 0.714. The molecule has 12 heavy (non-hydrogen) atoms. The monoisotopic (exact) mass is 170 g/mol. The molecule has 0 unspecified atom stereocenters. The Morgan fingerprint density at radius 1 is 1.67 bits per heavy atom. The van der Waals surface area contributed by atoms with Gasteiger partial charge in [0.15, 0.2) is 5.82 Å². The van der Waals surface area contributed by atoms with Crippen LogP contribution in [0, 0.1) is 0 Å². The third kappa shape index (κ3) is 2.20. The molecule has 0 aliphatic rings. The highest BCUT2D eigenvalue weighted by molar-refractivity contribution is 5.33. The average molecular weight is 170 g/mol. The maximum atomic E-state index is 8.64. The number of aromatic amines is 1. The van der Waals surface area contributed by atoms with E-state index in [-0.39, 0.29) is 6.61 Å². The summed E-state index contributed by atoms with van der Waals surface area (Å²) in [6.45, 7) is 3.96. The molecule has 1 rings (SSSR count). The Kier molecular flexibility index (Phi) is 3.53. The number of anilines is 1. The van der Waals surface area contributed by atoms with Gasteiger partial charge >= 0.3 is 0 Å². The molecule has 0 spiro atoms. The number of aliphatic hydroxyl groups is 1. The van der Waals surface area contributed by atoms with E-state index >= 15 is 0 Å². The summed E-state index contributed by atoms with van der Waals surface area (Å²) >= 11 is 0. The second-order valence-corrected chi connectivity index (χ2v) is 2.49. The predicted octanol–water partition coefficient (Wildman–Crippen LogP) is 0.0134. The van der Waals surface area contributed by atoms with Gasteiger partial charge in [0.25, 0.3) is 0 Å². The van der Waals surface area contributed by atoms with Crippen molar-refractivity contribution in [1.29, 1.82) is 0 Å². The molecule has 0 bridgehead atoms. The first-order valence-corrected chi connectivity index (χ1v) is 4.10. The lowest BCUT2D eigenvalue weighted by molar-refractivity contribution is 0.289. The molecule has 5 nitrogen and oxygen atoms in total. The molecule has 0 aliphatic heterocycles. The lowest BCUT2D eigenvalue weighted by atomic mass is 10.4. The van der Waals surface area contributed by atoms with Crippen molar-refractivity contribution in [3.8, 4) is 0 Å². The molecule has 0 saturated carbocycles. The molecule has 1 aromatic heterocycles. The number of H-pyrrole nitrogens is 1. The summed E-state index contributed by atoms with van der Waals surface area (Å²) in [5.41, 5.74) is 0. The third-order valence-electron chi connectivity index (χ3n) is 1.70. The molecule has 0 fully saturated rings. The number of nitrogens with zero attached hydrogens (tertiary/aromatic N) is 3. The quantitative estimate of drug-likeness (QED) is 0.653. The van der Waals surface area contributed by atoms with Crippen molar-refractivity contribution in [3.05, 3.63) is 6.20 Å². The number of nitrogens with one attached hydrogen (secondary N) is 1. The summed E-state index contributed by atoms with van der Waals surface area (Å²) in [5, 5.41) is 18.8. The van der Waals surface area contributed by atoms with Crippen molar-refractivity contribution in [2.75, 3.05) is 24.6 Å². The zero-order valence-corrected chi connectivity index (χ0v) is 7.19. The Morgan fingerprint density at radius 2 is 2.50 bits per heavy atom. The second kappa shape index (κ2) is 4.71. The molecule has 0 radical (unpaired) electrons. The van der Waals surface area contributed by atoms with E-state index in [2.05, 4.69) is 20.3 Å². The largest absolute Gasteiger partial charge is 0.396 e. The number of rotatable bonds is 5. The Balaban J connectivity index is 2.45. The first-order chi connectivity index (χ1) is 5.88. The van der Waals surface area contributed by atoms with Crippen LogP contribution in [-0.2, 0) is 0 Å². The molecule has 0 atom stereocenters. The van der Waals surface area contributed by atoms with Crippen LogP contribution in [0.25, 0.3) is 0 Å². The molecular formula is C7H14N4O. The molecule has 5 heteroatoms. The summed E-state index contributed by atoms with van der Waals surface area (Å²) in [7, 11) is 0. The van der Waals surface area contributed by atoms with E-state index < -0.39 is 0 Å². The van der Waals surface area contributed by atoms with Gasteiger partial charge in [-0.25, -0.2) is 0 Å². The Morgan fingerprint density at radius 3 is 3.00 bits per heavy atom. The van der Waals surface area contributed by atoms with Crippen LogP contribution in [0.1, 0.15) is 13.3 Å². The van der Waals surface area contributed by atoms with Crippen molar-refractivity contribution in [1.82, 2.24) is 15.4 Å². The smallest absolute Gasteiger partial charge is 0.170 e. The van der Waals surface area contributed by atoms with E-state index in [1.54, 1.807) is 6.20 Å². The Hall–Kier alpha value is -1.10. The van der Waals surface area contributed by atoms with Gasteiger partial charge in [-0.2, -0.15) is 0 Å². The average Bonchev–Trinajstić information content (AvgIpc) is 2.59. The van der Waals surface area contributed by atoms with Gasteiger partial charge in [0, 0.05) is 19.7 Å². The highest BCUT2D eigenvalue weighted by atomic mass is 16.3. The molecular weight excluding hydrogens is 156 g/mol. The van der Waals surface area contributed by atoms with Crippen LogP contribution >= 0.6 is 0 Å². The fourth-order valence-corrected chi connectivity index (χ4v) is 1.05. The minimum absolute atomic E-state index is 0.217. The van der Waals surface area contributed by atoms with Crippen molar-refractivity contribution < 1.29 is 5.11 Å².